The van der Waals surface area contributed by atoms with Gasteiger partial charge in [-0.15, -0.1) is 0 Å². The number of rotatable bonds is 5. The molecule has 0 radical (unpaired) electrons. The molecule has 0 bridgehead atoms. The molecular weight excluding hydrogens is 362 g/mol. The van der Waals surface area contributed by atoms with Gasteiger partial charge >= 0.3 is 0 Å². The number of hydrogen-bond acceptors (Lipinski definition) is 3. The number of carbonyl (C=O) groups excluding carboxylic acids is 2. The Morgan fingerprint density at radius 1 is 0.889 bits per heavy atom. The zero-order valence-electron chi connectivity index (χ0n) is 14.7. The SMILES string of the molecule is CCc1ccc(NC(=O)c2cc(C(=O)Nc3ccc(Cl)cc3)ccn2)cc1. The summed E-state index contributed by atoms with van der Waals surface area (Å²) in [5, 5.41) is 6.13. The fourth-order valence-electron chi connectivity index (χ4n) is 2.45. The van der Waals surface area contributed by atoms with Crippen LogP contribution < -0.4 is 10.6 Å². The van der Waals surface area contributed by atoms with Gasteiger partial charge in [0.2, 0.25) is 0 Å². The minimum atomic E-state index is -0.375. The Hall–Kier alpha value is -3.18. The van der Waals surface area contributed by atoms with Gasteiger partial charge in [-0.3, -0.25) is 14.6 Å². The maximum atomic E-state index is 12.4. The van der Waals surface area contributed by atoms with Crippen molar-refractivity contribution in [1.29, 1.82) is 0 Å². The summed E-state index contributed by atoms with van der Waals surface area (Å²) in [6.07, 6.45) is 2.37. The largest absolute Gasteiger partial charge is 0.322 e. The lowest BCUT2D eigenvalue weighted by molar-refractivity contribution is 0.102. The van der Waals surface area contributed by atoms with Crippen molar-refractivity contribution in [3.63, 3.8) is 0 Å². The number of aromatic nitrogens is 1. The number of aryl methyl sites for hydroxylation is 1. The first kappa shape index (κ1) is 18.6. The Bertz CT molecular complexity index is 954. The average Bonchev–Trinajstić information content (AvgIpc) is 2.70. The Morgan fingerprint density at radius 3 is 2.11 bits per heavy atom. The molecule has 0 aliphatic carbocycles. The molecule has 6 heteroatoms. The molecule has 0 atom stereocenters. The quantitative estimate of drug-likeness (QED) is 0.668. The predicted octanol–water partition coefficient (Wildman–Crippen LogP) is 4.80. The monoisotopic (exact) mass is 379 g/mol. The summed E-state index contributed by atoms with van der Waals surface area (Å²) < 4.78 is 0. The van der Waals surface area contributed by atoms with Gasteiger partial charge in [0, 0.05) is 28.2 Å². The topological polar surface area (TPSA) is 71.1 Å². The molecule has 0 fully saturated rings. The van der Waals surface area contributed by atoms with Crippen molar-refractivity contribution in [3.05, 3.63) is 88.7 Å². The van der Waals surface area contributed by atoms with Crippen molar-refractivity contribution < 1.29 is 9.59 Å². The minimum Gasteiger partial charge on any atom is -0.322 e. The molecule has 2 amide bonds. The van der Waals surface area contributed by atoms with Crippen LogP contribution >= 0.6 is 11.6 Å². The molecule has 0 aliphatic rings. The lowest BCUT2D eigenvalue weighted by Gasteiger charge is -2.08. The van der Waals surface area contributed by atoms with Gasteiger partial charge in [-0.2, -0.15) is 0 Å². The highest BCUT2D eigenvalue weighted by molar-refractivity contribution is 6.30. The normalized spacial score (nSPS) is 10.3. The van der Waals surface area contributed by atoms with Crippen LogP contribution in [0.5, 0.6) is 0 Å². The summed E-state index contributed by atoms with van der Waals surface area (Å²) in [4.78, 5) is 28.9. The van der Waals surface area contributed by atoms with Gasteiger partial charge in [0.1, 0.15) is 5.69 Å². The molecule has 1 aromatic heterocycles. The Morgan fingerprint density at radius 2 is 1.48 bits per heavy atom. The molecule has 1 heterocycles. The summed E-state index contributed by atoms with van der Waals surface area (Å²) >= 11 is 5.84. The van der Waals surface area contributed by atoms with E-state index in [1.165, 1.54) is 17.8 Å². The van der Waals surface area contributed by atoms with Crippen LogP contribution in [0, 0.1) is 0 Å². The van der Waals surface area contributed by atoms with Gasteiger partial charge in [0.25, 0.3) is 11.8 Å². The van der Waals surface area contributed by atoms with Gasteiger partial charge in [0.15, 0.2) is 0 Å². The zero-order chi connectivity index (χ0) is 19.2. The summed E-state index contributed by atoms with van der Waals surface area (Å²) in [5.41, 5.74) is 2.98. The van der Waals surface area contributed by atoms with E-state index in [1.54, 1.807) is 30.3 Å². The minimum absolute atomic E-state index is 0.165. The summed E-state index contributed by atoms with van der Waals surface area (Å²) in [7, 11) is 0. The van der Waals surface area contributed by atoms with E-state index in [0.29, 0.717) is 22.0 Å². The molecule has 3 aromatic rings. The number of halogens is 1. The second-order valence-corrected chi connectivity index (χ2v) is 6.33. The number of hydrogen-bond donors (Lipinski definition) is 2. The van der Waals surface area contributed by atoms with Gasteiger partial charge in [0.05, 0.1) is 0 Å². The molecule has 0 saturated carbocycles. The Kier molecular flexibility index (Phi) is 5.84. The van der Waals surface area contributed by atoms with Crippen LogP contribution in [0.15, 0.2) is 66.9 Å². The Labute approximate surface area is 162 Å². The van der Waals surface area contributed by atoms with E-state index in [0.717, 1.165) is 6.42 Å². The first-order valence-corrected chi connectivity index (χ1v) is 8.86. The number of nitrogens with zero attached hydrogens (tertiary/aromatic N) is 1. The van der Waals surface area contributed by atoms with E-state index in [9.17, 15) is 9.59 Å². The van der Waals surface area contributed by atoms with E-state index in [1.807, 2.05) is 24.3 Å². The number of anilines is 2. The molecule has 2 aromatic carbocycles. The maximum absolute atomic E-state index is 12.4. The highest BCUT2D eigenvalue weighted by Gasteiger charge is 2.12. The average molecular weight is 380 g/mol. The zero-order valence-corrected chi connectivity index (χ0v) is 15.5. The van der Waals surface area contributed by atoms with Crippen LogP contribution in [0.25, 0.3) is 0 Å². The summed E-state index contributed by atoms with van der Waals surface area (Å²) in [5.74, 6) is -0.707. The number of amides is 2. The second-order valence-electron chi connectivity index (χ2n) is 5.90. The van der Waals surface area contributed by atoms with E-state index in [2.05, 4.69) is 22.5 Å². The smallest absolute Gasteiger partial charge is 0.274 e. The van der Waals surface area contributed by atoms with Crippen molar-refractivity contribution in [2.45, 2.75) is 13.3 Å². The molecule has 3 rings (SSSR count). The third-order valence-electron chi connectivity index (χ3n) is 3.98. The van der Waals surface area contributed by atoms with E-state index < -0.39 is 0 Å². The lowest BCUT2D eigenvalue weighted by atomic mass is 10.1. The van der Waals surface area contributed by atoms with Crippen molar-refractivity contribution in [3.8, 4) is 0 Å². The van der Waals surface area contributed by atoms with Gasteiger partial charge < -0.3 is 10.6 Å². The van der Waals surface area contributed by atoms with Crippen LogP contribution in [-0.2, 0) is 6.42 Å². The van der Waals surface area contributed by atoms with Gasteiger partial charge in [-0.05, 0) is 60.5 Å². The molecule has 0 unspecified atom stereocenters. The highest BCUT2D eigenvalue weighted by Crippen LogP contribution is 2.15. The molecule has 136 valence electrons. The first-order chi connectivity index (χ1) is 13.0. The van der Waals surface area contributed by atoms with Crippen LogP contribution in [0.3, 0.4) is 0 Å². The highest BCUT2D eigenvalue weighted by atomic mass is 35.5. The second kappa shape index (κ2) is 8.47. The van der Waals surface area contributed by atoms with E-state index in [4.69, 9.17) is 11.6 Å². The van der Waals surface area contributed by atoms with Gasteiger partial charge in [-0.1, -0.05) is 30.7 Å². The van der Waals surface area contributed by atoms with Gasteiger partial charge in [-0.25, -0.2) is 0 Å². The van der Waals surface area contributed by atoms with Crippen molar-refractivity contribution in [2.24, 2.45) is 0 Å². The van der Waals surface area contributed by atoms with Crippen LogP contribution in [0.1, 0.15) is 33.3 Å². The fourth-order valence-corrected chi connectivity index (χ4v) is 2.58. The number of benzene rings is 2. The molecule has 0 spiro atoms. The molecular formula is C21H18ClN3O2. The third-order valence-corrected chi connectivity index (χ3v) is 4.23. The number of nitrogens with one attached hydrogen (secondary N) is 2. The molecule has 0 aliphatic heterocycles. The van der Waals surface area contributed by atoms with Crippen molar-refractivity contribution in [2.75, 3.05) is 10.6 Å². The number of carbonyl (C=O) groups is 2. The van der Waals surface area contributed by atoms with E-state index in [-0.39, 0.29) is 17.5 Å². The maximum Gasteiger partial charge on any atom is 0.274 e. The fraction of sp³-hybridized carbons (Fsp3) is 0.0952. The predicted molar refractivity (Wildman–Crippen MR) is 107 cm³/mol. The first-order valence-electron chi connectivity index (χ1n) is 8.48. The number of pyridine rings is 1. The van der Waals surface area contributed by atoms with Crippen molar-refractivity contribution in [1.82, 2.24) is 4.98 Å². The molecule has 5 nitrogen and oxygen atoms in total. The standard InChI is InChI=1S/C21H18ClN3O2/c1-2-14-3-7-17(8-4-14)25-21(27)19-13-15(11-12-23-19)20(26)24-18-9-5-16(22)6-10-18/h3-13H,2H2,1H3,(H,24,26)(H,25,27). The molecule has 2 N–H and O–H groups in total. The van der Waals surface area contributed by atoms with E-state index >= 15 is 0 Å². The van der Waals surface area contributed by atoms with Crippen LogP contribution in [0.4, 0.5) is 11.4 Å². The molecule has 0 saturated heterocycles. The van der Waals surface area contributed by atoms with Crippen LogP contribution in [0.2, 0.25) is 5.02 Å². The van der Waals surface area contributed by atoms with Crippen LogP contribution in [-0.4, -0.2) is 16.8 Å². The third kappa shape index (κ3) is 4.92. The Balaban J connectivity index is 1.70. The summed E-state index contributed by atoms with van der Waals surface area (Å²) in [6, 6.07) is 17.4. The lowest BCUT2D eigenvalue weighted by Crippen LogP contribution is -2.17. The summed E-state index contributed by atoms with van der Waals surface area (Å²) in [6.45, 7) is 2.07. The van der Waals surface area contributed by atoms with Crippen molar-refractivity contribution >= 4 is 34.8 Å². The molecule has 27 heavy (non-hydrogen) atoms.